The van der Waals surface area contributed by atoms with Gasteiger partial charge in [0.25, 0.3) is 0 Å². The summed E-state index contributed by atoms with van der Waals surface area (Å²) in [6, 6.07) is 5.93. The van der Waals surface area contributed by atoms with Crippen molar-refractivity contribution in [3.8, 4) is 11.5 Å². The van der Waals surface area contributed by atoms with Gasteiger partial charge in [0, 0.05) is 13.1 Å². The fourth-order valence-corrected chi connectivity index (χ4v) is 4.94. The second-order valence-electron chi connectivity index (χ2n) is 8.84. The van der Waals surface area contributed by atoms with Gasteiger partial charge in [0.15, 0.2) is 11.5 Å². The third-order valence-electron chi connectivity index (χ3n) is 6.82. The SMILES string of the molecule is CC(C)(C(=O)N1CCC2(CCCCC2)CC1)c1ccc2c(c1)OCCO2. The molecule has 4 rings (SSSR count). The summed E-state index contributed by atoms with van der Waals surface area (Å²) in [5.74, 6) is 1.77. The van der Waals surface area contributed by atoms with E-state index in [2.05, 4.69) is 4.90 Å². The number of amides is 1. The van der Waals surface area contributed by atoms with E-state index in [4.69, 9.17) is 9.47 Å². The van der Waals surface area contributed by atoms with E-state index in [1.54, 1.807) is 0 Å². The highest BCUT2D eigenvalue weighted by Crippen LogP contribution is 2.45. The number of hydrogen-bond donors (Lipinski definition) is 0. The lowest BCUT2D eigenvalue weighted by Gasteiger charge is -2.46. The average molecular weight is 357 g/mol. The normalized spacial score (nSPS) is 22.3. The molecule has 4 nitrogen and oxygen atoms in total. The zero-order valence-electron chi connectivity index (χ0n) is 16.2. The number of carbonyl (C=O) groups is 1. The maximum absolute atomic E-state index is 13.3. The Bertz CT molecular complexity index is 666. The molecule has 3 aliphatic rings. The van der Waals surface area contributed by atoms with Gasteiger partial charge in [0.2, 0.25) is 5.91 Å². The van der Waals surface area contributed by atoms with Gasteiger partial charge in [-0.3, -0.25) is 4.79 Å². The van der Waals surface area contributed by atoms with Crippen LogP contribution in [-0.2, 0) is 10.2 Å². The molecule has 1 aromatic rings. The second-order valence-corrected chi connectivity index (χ2v) is 8.84. The summed E-state index contributed by atoms with van der Waals surface area (Å²) in [6.45, 7) is 7.04. The van der Waals surface area contributed by atoms with E-state index in [0.29, 0.717) is 18.6 Å². The number of benzene rings is 1. The van der Waals surface area contributed by atoms with E-state index in [-0.39, 0.29) is 5.91 Å². The molecule has 0 radical (unpaired) electrons. The molecule has 1 amide bonds. The number of ether oxygens (including phenoxy) is 2. The van der Waals surface area contributed by atoms with Gasteiger partial charge in [-0.2, -0.15) is 0 Å². The molecule has 2 aliphatic heterocycles. The van der Waals surface area contributed by atoms with Crippen molar-refractivity contribution in [2.45, 2.75) is 64.2 Å². The van der Waals surface area contributed by atoms with Crippen LogP contribution in [0.1, 0.15) is 64.4 Å². The molecule has 0 unspecified atom stereocenters. The van der Waals surface area contributed by atoms with Crippen LogP contribution in [0.4, 0.5) is 0 Å². The van der Waals surface area contributed by atoms with Crippen molar-refractivity contribution in [1.82, 2.24) is 4.90 Å². The Morgan fingerprint density at radius 1 is 0.962 bits per heavy atom. The molecule has 1 saturated heterocycles. The molecule has 1 saturated carbocycles. The lowest BCUT2D eigenvalue weighted by molar-refractivity contribution is -0.139. The molecule has 0 bridgehead atoms. The van der Waals surface area contributed by atoms with Gasteiger partial charge in [-0.25, -0.2) is 0 Å². The van der Waals surface area contributed by atoms with Gasteiger partial charge in [0.1, 0.15) is 13.2 Å². The minimum atomic E-state index is -0.549. The molecular weight excluding hydrogens is 326 g/mol. The highest BCUT2D eigenvalue weighted by atomic mass is 16.6. The predicted molar refractivity (Wildman–Crippen MR) is 102 cm³/mol. The first-order valence-electron chi connectivity index (χ1n) is 10.2. The molecule has 1 aromatic carbocycles. The summed E-state index contributed by atoms with van der Waals surface area (Å²) in [6.07, 6.45) is 9.21. The Kier molecular flexibility index (Phi) is 4.62. The molecule has 1 spiro atoms. The van der Waals surface area contributed by atoms with Crippen LogP contribution in [-0.4, -0.2) is 37.1 Å². The first-order chi connectivity index (χ1) is 12.5. The standard InChI is InChI=1S/C22H31NO3/c1-21(2,17-6-7-18-19(16-17)26-15-14-25-18)20(24)23-12-10-22(11-13-23)8-4-3-5-9-22/h6-7,16H,3-5,8-15H2,1-2H3. The largest absolute Gasteiger partial charge is 0.486 e. The number of piperidine rings is 1. The van der Waals surface area contributed by atoms with Gasteiger partial charge >= 0.3 is 0 Å². The lowest BCUT2D eigenvalue weighted by Crippen LogP contribution is -2.49. The zero-order chi connectivity index (χ0) is 18.2. The number of carbonyl (C=O) groups excluding carboxylic acids is 1. The molecule has 26 heavy (non-hydrogen) atoms. The predicted octanol–water partition coefficient (Wildman–Crippen LogP) is 4.31. The van der Waals surface area contributed by atoms with E-state index < -0.39 is 5.41 Å². The molecule has 4 heteroatoms. The third kappa shape index (κ3) is 3.19. The van der Waals surface area contributed by atoms with Crippen LogP contribution in [0.3, 0.4) is 0 Å². The summed E-state index contributed by atoms with van der Waals surface area (Å²) in [4.78, 5) is 15.4. The van der Waals surface area contributed by atoms with Crippen molar-refractivity contribution in [2.75, 3.05) is 26.3 Å². The lowest BCUT2D eigenvalue weighted by atomic mass is 9.68. The van der Waals surface area contributed by atoms with Gasteiger partial charge in [-0.1, -0.05) is 25.3 Å². The van der Waals surface area contributed by atoms with Crippen LogP contribution in [0.2, 0.25) is 0 Å². The van der Waals surface area contributed by atoms with E-state index in [1.807, 2.05) is 32.0 Å². The van der Waals surface area contributed by atoms with Crippen LogP contribution in [0.15, 0.2) is 18.2 Å². The average Bonchev–Trinajstić information content (AvgIpc) is 2.68. The van der Waals surface area contributed by atoms with Gasteiger partial charge in [0.05, 0.1) is 5.41 Å². The molecule has 2 fully saturated rings. The highest BCUT2D eigenvalue weighted by molar-refractivity contribution is 5.87. The van der Waals surface area contributed by atoms with Crippen LogP contribution >= 0.6 is 0 Å². The number of fused-ring (bicyclic) bond motifs is 1. The number of hydrogen-bond acceptors (Lipinski definition) is 3. The number of likely N-dealkylation sites (tertiary alicyclic amines) is 1. The first-order valence-corrected chi connectivity index (χ1v) is 10.2. The zero-order valence-corrected chi connectivity index (χ0v) is 16.2. The maximum Gasteiger partial charge on any atom is 0.232 e. The van der Waals surface area contributed by atoms with E-state index in [0.717, 1.165) is 30.2 Å². The third-order valence-corrected chi connectivity index (χ3v) is 6.82. The Hall–Kier alpha value is -1.71. The first kappa shape index (κ1) is 17.7. The smallest absolute Gasteiger partial charge is 0.232 e. The van der Waals surface area contributed by atoms with Crippen molar-refractivity contribution in [3.63, 3.8) is 0 Å². The molecule has 0 N–H and O–H groups in total. The quantitative estimate of drug-likeness (QED) is 0.792. The minimum Gasteiger partial charge on any atom is -0.486 e. The monoisotopic (exact) mass is 357 g/mol. The van der Waals surface area contributed by atoms with Crippen molar-refractivity contribution >= 4 is 5.91 Å². The van der Waals surface area contributed by atoms with Crippen molar-refractivity contribution in [3.05, 3.63) is 23.8 Å². The van der Waals surface area contributed by atoms with Crippen LogP contribution < -0.4 is 9.47 Å². The van der Waals surface area contributed by atoms with E-state index in [1.165, 1.54) is 44.9 Å². The van der Waals surface area contributed by atoms with Gasteiger partial charge < -0.3 is 14.4 Å². The van der Waals surface area contributed by atoms with E-state index in [9.17, 15) is 4.79 Å². The fourth-order valence-electron chi connectivity index (χ4n) is 4.94. The Balaban J connectivity index is 1.47. The molecule has 0 aromatic heterocycles. The van der Waals surface area contributed by atoms with Crippen molar-refractivity contribution < 1.29 is 14.3 Å². The van der Waals surface area contributed by atoms with Crippen LogP contribution in [0.25, 0.3) is 0 Å². The summed E-state index contributed by atoms with van der Waals surface area (Å²) >= 11 is 0. The molecular formula is C22H31NO3. The summed E-state index contributed by atoms with van der Waals surface area (Å²) in [5.41, 5.74) is 0.980. The second kappa shape index (κ2) is 6.79. The fraction of sp³-hybridized carbons (Fsp3) is 0.682. The number of nitrogens with zero attached hydrogens (tertiary/aromatic N) is 1. The molecule has 1 aliphatic carbocycles. The Morgan fingerprint density at radius 3 is 2.31 bits per heavy atom. The summed E-state index contributed by atoms with van der Waals surface area (Å²) in [5, 5.41) is 0. The van der Waals surface area contributed by atoms with Gasteiger partial charge in [-0.15, -0.1) is 0 Å². The Morgan fingerprint density at radius 2 is 1.62 bits per heavy atom. The molecule has 2 heterocycles. The topological polar surface area (TPSA) is 38.8 Å². The molecule has 142 valence electrons. The van der Waals surface area contributed by atoms with Crippen molar-refractivity contribution in [1.29, 1.82) is 0 Å². The van der Waals surface area contributed by atoms with Crippen LogP contribution in [0.5, 0.6) is 11.5 Å². The summed E-state index contributed by atoms with van der Waals surface area (Å²) < 4.78 is 11.3. The molecule has 0 atom stereocenters. The summed E-state index contributed by atoms with van der Waals surface area (Å²) in [7, 11) is 0. The van der Waals surface area contributed by atoms with E-state index >= 15 is 0 Å². The maximum atomic E-state index is 13.3. The minimum absolute atomic E-state index is 0.236. The highest BCUT2D eigenvalue weighted by Gasteiger charge is 2.40. The van der Waals surface area contributed by atoms with Crippen molar-refractivity contribution in [2.24, 2.45) is 5.41 Å². The Labute approximate surface area is 156 Å². The van der Waals surface area contributed by atoms with Crippen LogP contribution in [0, 0.1) is 5.41 Å². The number of rotatable bonds is 2. The van der Waals surface area contributed by atoms with Gasteiger partial charge in [-0.05, 0) is 62.6 Å².